The number of nitrogens with one attached hydrogen (secondary N) is 3. The molecule has 0 aliphatic carbocycles. The molecule has 3 N–H and O–H groups in total. The molecule has 1 saturated heterocycles. The van der Waals surface area contributed by atoms with Gasteiger partial charge in [0.2, 0.25) is 17.6 Å². The van der Waals surface area contributed by atoms with Crippen LogP contribution < -0.4 is 16.0 Å². The summed E-state index contributed by atoms with van der Waals surface area (Å²) in [5.41, 5.74) is -0.0966. The maximum Gasteiger partial charge on any atom is 0.290 e. The van der Waals surface area contributed by atoms with Gasteiger partial charge in [0, 0.05) is 19.6 Å². The lowest BCUT2D eigenvalue weighted by Crippen LogP contribution is -2.58. The van der Waals surface area contributed by atoms with Crippen molar-refractivity contribution in [2.45, 2.75) is 57.3 Å². The number of rotatable bonds is 14. The SMILES string of the molecule is COCC(NC(=O)c1ccno1)C(=O)N[C@@H](Cc1ccccc1)C(=O)NC(CC(C)C)C(=O)C1(C)CO1. The first kappa shape index (κ1) is 28.0. The first-order valence-electron chi connectivity index (χ1n) is 12.2. The zero-order valence-electron chi connectivity index (χ0n) is 21.5. The molecule has 3 amide bonds. The van der Waals surface area contributed by atoms with Crippen LogP contribution in [0.15, 0.2) is 47.1 Å². The third kappa shape index (κ3) is 7.96. The van der Waals surface area contributed by atoms with Gasteiger partial charge < -0.3 is 29.9 Å². The number of carbonyl (C=O) groups is 4. The van der Waals surface area contributed by atoms with Crippen LogP contribution in [0.3, 0.4) is 0 Å². The molecule has 2 heterocycles. The number of nitrogens with zero attached hydrogens (tertiary/aromatic N) is 1. The number of hydrogen-bond acceptors (Lipinski definition) is 8. The summed E-state index contributed by atoms with van der Waals surface area (Å²) in [6.45, 7) is 5.78. The van der Waals surface area contributed by atoms with Gasteiger partial charge in [0.1, 0.15) is 17.7 Å². The predicted molar refractivity (Wildman–Crippen MR) is 132 cm³/mol. The minimum Gasteiger partial charge on any atom is -0.382 e. The average Bonchev–Trinajstić information content (AvgIpc) is 3.38. The second-order valence-corrected chi connectivity index (χ2v) is 9.68. The maximum absolute atomic E-state index is 13.5. The van der Waals surface area contributed by atoms with Crippen molar-refractivity contribution in [3.05, 3.63) is 53.9 Å². The molecule has 3 unspecified atom stereocenters. The molecule has 0 saturated carbocycles. The minimum atomic E-state index is -1.11. The number of ether oxygens (including phenoxy) is 2. The highest BCUT2D eigenvalue weighted by Gasteiger charge is 2.50. The van der Waals surface area contributed by atoms with E-state index in [9.17, 15) is 19.2 Å². The molecule has 4 atom stereocenters. The first-order valence-corrected chi connectivity index (χ1v) is 12.2. The number of carbonyl (C=O) groups excluding carboxylic acids is 4. The van der Waals surface area contributed by atoms with Crippen LogP contribution in [0.25, 0.3) is 0 Å². The van der Waals surface area contributed by atoms with Crippen LogP contribution in [0.2, 0.25) is 0 Å². The highest BCUT2D eigenvalue weighted by Crippen LogP contribution is 2.29. The number of amides is 3. The molecule has 1 aromatic heterocycles. The fraction of sp³-hybridized carbons (Fsp3) is 0.500. The van der Waals surface area contributed by atoms with E-state index in [4.69, 9.17) is 14.0 Å². The smallest absolute Gasteiger partial charge is 0.290 e. The summed E-state index contributed by atoms with van der Waals surface area (Å²) >= 11 is 0. The number of ketones is 1. The van der Waals surface area contributed by atoms with Crippen LogP contribution in [0, 0.1) is 5.92 Å². The minimum absolute atomic E-state index is 0.0710. The molecule has 1 aliphatic heterocycles. The molecule has 200 valence electrons. The van der Waals surface area contributed by atoms with Crippen LogP contribution in [-0.2, 0) is 30.3 Å². The van der Waals surface area contributed by atoms with E-state index in [0.29, 0.717) is 13.0 Å². The van der Waals surface area contributed by atoms with Gasteiger partial charge in [0.15, 0.2) is 5.78 Å². The summed E-state index contributed by atoms with van der Waals surface area (Å²) in [6, 6.07) is 7.63. The quantitative estimate of drug-likeness (QED) is 0.316. The standard InChI is InChI=1S/C26H34N4O7/c1-16(2)12-18(22(31)26(3)15-36-26)28-23(32)19(13-17-8-6-5-7-9-17)29-24(33)20(14-35-4)30-25(34)21-10-11-27-37-21/h5-11,16,18-20H,12-15H2,1-4H3,(H,28,32)(H,29,33)(H,30,34)/t18?,19-,20?,26?/m0/s1. The van der Waals surface area contributed by atoms with Crippen molar-refractivity contribution in [3.63, 3.8) is 0 Å². The Morgan fingerprint density at radius 3 is 2.22 bits per heavy atom. The Kier molecular flexibility index (Phi) is 9.54. The van der Waals surface area contributed by atoms with Crippen molar-refractivity contribution in [3.8, 4) is 0 Å². The Balaban J connectivity index is 1.77. The number of Topliss-reactive ketones (excluding diaryl/α,β-unsaturated/α-hetero) is 1. The third-order valence-electron chi connectivity index (χ3n) is 5.97. The normalized spacial score (nSPS) is 18.9. The number of epoxide rings is 1. The number of aromatic nitrogens is 1. The molecular formula is C26H34N4O7. The summed E-state index contributed by atoms with van der Waals surface area (Å²) in [5.74, 6) is -1.93. The zero-order chi connectivity index (χ0) is 27.0. The highest BCUT2D eigenvalue weighted by atomic mass is 16.6. The number of hydrogen-bond donors (Lipinski definition) is 3. The van der Waals surface area contributed by atoms with E-state index < -0.39 is 41.4 Å². The molecule has 11 nitrogen and oxygen atoms in total. The van der Waals surface area contributed by atoms with E-state index in [-0.39, 0.29) is 30.5 Å². The number of methoxy groups -OCH3 is 1. The molecule has 1 aliphatic rings. The van der Waals surface area contributed by atoms with Crippen LogP contribution >= 0.6 is 0 Å². The van der Waals surface area contributed by atoms with E-state index in [1.54, 1.807) is 6.92 Å². The Labute approximate surface area is 215 Å². The summed E-state index contributed by atoms with van der Waals surface area (Å²) in [4.78, 5) is 52.1. The molecular weight excluding hydrogens is 480 g/mol. The predicted octanol–water partition coefficient (Wildman–Crippen LogP) is 1.04. The van der Waals surface area contributed by atoms with Gasteiger partial charge in [-0.25, -0.2) is 0 Å². The Morgan fingerprint density at radius 1 is 1.00 bits per heavy atom. The fourth-order valence-electron chi connectivity index (χ4n) is 3.84. The van der Waals surface area contributed by atoms with E-state index in [2.05, 4.69) is 21.1 Å². The van der Waals surface area contributed by atoms with Gasteiger partial charge in [-0.2, -0.15) is 0 Å². The van der Waals surface area contributed by atoms with Crippen LogP contribution in [0.5, 0.6) is 0 Å². The van der Waals surface area contributed by atoms with Gasteiger partial charge in [-0.15, -0.1) is 0 Å². The Hall–Kier alpha value is -3.57. The van der Waals surface area contributed by atoms with Gasteiger partial charge in [0.05, 0.1) is 25.5 Å². The third-order valence-corrected chi connectivity index (χ3v) is 5.97. The molecule has 1 fully saturated rings. The summed E-state index contributed by atoms with van der Waals surface area (Å²) in [5, 5.41) is 11.6. The van der Waals surface area contributed by atoms with Gasteiger partial charge in [-0.3, -0.25) is 19.2 Å². The largest absolute Gasteiger partial charge is 0.382 e. The lowest BCUT2D eigenvalue weighted by molar-refractivity contribution is -0.133. The highest BCUT2D eigenvalue weighted by molar-refractivity contribution is 5.99. The Morgan fingerprint density at radius 2 is 1.65 bits per heavy atom. The van der Waals surface area contributed by atoms with E-state index in [0.717, 1.165) is 5.56 Å². The van der Waals surface area contributed by atoms with Crippen molar-refractivity contribution in [1.29, 1.82) is 0 Å². The lowest BCUT2D eigenvalue weighted by atomic mass is 9.93. The molecule has 2 aromatic rings. The molecule has 0 radical (unpaired) electrons. The average molecular weight is 515 g/mol. The molecule has 3 rings (SSSR count). The summed E-state index contributed by atoms with van der Waals surface area (Å²) in [7, 11) is 1.39. The van der Waals surface area contributed by atoms with Crippen molar-refractivity contribution >= 4 is 23.5 Å². The van der Waals surface area contributed by atoms with Gasteiger partial charge in [-0.05, 0) is 24.8 Å². The van der Waals surface area contributed by atoms with Gasteiger partial charge in [-0.1, -0.05) is 49.3 Å². The van der Waals surface area contributed by atoms with Crippen molar-refractivity contribution in [2.75, 3.05) is 20.3 Å². The summed E-state index contributed by atoms with van der Waals surface area (Å²) in [6.07, 6.45) is 1.90. The molecule has 37 heavy (non-hydrogen) atoms. The molecule has 0 bridgehead atoms. The molecule has 0 spiro atoms. The monoisotopic (exact) mass is 514 g/mol. The lowest BCUT2D eigenvalue weighted by Gasteiger charge is -2.26. The van der Waals surface area contributed by atoms with E-state index in [1.165, 1.54) is 19.4 Å². The maximum atomic E-state index is 13.5. The van der Waals surface area contributed by atoms with Crippen molar-refractivity contribution in [1.82, 2.24) is 21.1 Å². The van der Waals surface area contributed by atoms with Crippen LogP contribution in [-0.4, -0.2) is 72.7 Å². The molecule has 1 aromatic carbocycles. The fourth-order valence-corrected chi connectivity index (χ4v) is 3.84. The van der Waals surface area contributed by atoms with Crippen LogP contribution in [0.1, 0.15) is 43.3 Å². The number of benzene rings is 1. The second kappa shape index (κ2) is 12.6. The molecule has 11 heteroatoms. The van der Waals surface area contributed by atoms with Gasteiger partial charge in [0.25, 0.3) is 5.91 Å². The zero-order valence-corrected chi connectivity index (χ0v) is 21.5. The van der Waals surface area contributed by atoms with Crippen molar-refractivity contribution < 1.29 is 33.2 Å². The van der Waals surface area contributed by atoms with E-state index >= 15 is 0 Å². The Bertz CT molecular complexity index is 1070. The van der Waals surface area contributed by atoms with E-state index in [1.807, 2.05) is 44.2 Å². The topological polar surface area (TPSA) is 152 Å². The summed E-state index contributed by atoms with van der Waals surface area (Å²) < 4.78 is 15.3. The second-order valence-electron chi connectivity index (χ2n) is 9.68. The van der Waals surface area contributed by atoms with Crippen molar-refractivity contribution in [2.24, 2.45) is 5.92 Å². The van der Waals surface area contributed by atoms with Gasteiger partial charge >= 0.3 is 0 Å². The first-order chi connectivity index (χ1) is 17.6. The van der Waals surface area contributed by atoms with Crippen LogP contribution in [0.4, 0.5) is 0 Å².